The van der Waals surface area contributed by atoms with Gasteiger partial charge in [-0.15, -0.1) is 0 Å². The fraction of sp³-hybridized carbons (Fsp3) is 0.231. The second-order valence-corrected chi connectivity index (χ2v) is 8.04. The van der Waals surface area contributed by atoms with Crippen LogP contribution in [0.3, 0.4) is 0 Å². The molecule has 0 unspecified atom stereocenters. The Hall–Kier alpha value is -3.64. The topological polar surface area (TPSA) is 67.9 Å². The Kier molecular flexibility index (Phi) is 5.60. The Bertz CT molecular complexity index is 1080. The highest BCUT2D eigenvalue weighted by Gasteiger charge is 2.39. The zero-order valence-electron chi connectivity index (χ0n) is 17.6. The van der Waals surface area contributed by atoms with Crippen LogP contribution in [0.15, 0.2) is 78.9 Å². The third-order valence-electron chi connectivity index (χ3n) is 6.00. The summed E-state index contributed by atoms with van der Waals surface area (Å²) in [6, 6.07) is 25.2. The lowest BCUT2D eigenvalue weighted by Gasteiger charge is -2.24. The van der Waals surface area contributed by atoms with Crippen molar-refractivity contribution in [1.82, 2.24) is 10.2 Å². The number of carbonyl (C=O) groups is 2. The summed E-state index contributed by atoms with van der Waals surface area (Å²) in [4.78, 5) is 27.3. The molecule has 2 aliphatic rings. The number of nitrogens with one attached hydrogen (secondary N) is 1. The zero-order chi connectivity index (χ0) is 21.9. The van der Waals surface area contributed by atoms with Crippen molar-refractivity contribution in [3.63, 3.8) is 0 Å². The van der Waals surface area contributed by atoms with E-state index >= 15 is 0 Å². The molecule has 2 amide bonds. The average Bonchev–Trinajstić information content (AvgIpc) is 3.41. The largest absolute Gasteiger partial charge is 0.454 e. The molecule has 0 spiro atoms. The molecule has 3 aromatic carbocycles. The van der Waals surface area contributed by atoms with Gasteiger partial charge in [0.2, 0.25) is 18.6 Å². The van der Waals surface area contributed by atoms with E-state index < -0.39 is 6.04 Å². The van der Waals surface area contributed by atoms with E-state index in [0.29, 0.717) is 18.8 Å². The summed E-state index contributed by atoms with van der Waals surface area (Å²) in [6.45, 7) is 1.02. The number of nitrogens with zero attached hydrogens (tertiary/aromatic N) is 1. The van der Waals surface area contributed by atoms with Gasteiger partial charge in [0.25, 0.3) is 0 Å². The van der Waals surface area contributed by atoms with Crippen molar-refractivity contribution < 1.29 is 19.1 Å². The van der Waals surface area contributed by atoms with Crippen LogP contribution in [0.25, 0.3) is 0 Å². The predicted octanol–water partition coefficient (Wildman–Crippen LogP) is 3.46. The molecule has 3 aromatic rings. The van der Waals surface area contributed by atoms with Crippen LogP contribution in [-0.4, -0.2) is 36.1 Å². The first-order valence-corrected chi connectivity index (χ1v) is 10.7. The molecular formula is C26H24N2O4. The molecule has 0 aromatic heterocycles. The minimum atomic E-state index is -0.528. The first-order chi connectivity index (χ1) is 15.7. The highest BCUT2D eigenvalue weighted by molar-refractivity contribution is 6.05. The maximum Gasteiger partial charge on any atom is 0.246 e. The molecule has 0 saturated carbocycles. The van der Waals surface area contributed by atoms with Gasteiger partial charge in [-0.1, -0.05) is 66.7 Å². The molecule has 0 radical (unpaired) electrons. The number of carbonyl (C=O) groups excluding carboxylic acids is 2. The van der Waals surface area contributed by atoms with E-state index in [4.69, 9.17) is 9.47 Å². The summed E-state index contributed by atoms with van der Waals surface area (Å²) >= 11 is 0. The molecule has 0 bridgehead atoms. The number of fused-ring (bicyclic) bond motifs is 1. The van der Waals surface area contributed by atoms with Gasteiger partial charge < -0.3 is 14.8 Å². The van der Waals surface area contributed by atoms with E-state index in [1.165, 1.54) is 4.90 Å². The van der Waals surface area contributed by atoms with Crippen LogP contribution in [0.1, 0.15) is 29.0 Å². The second kappa shape index (κ2) is 8.85. The van der Waals surface area contributed by atoms with Gasteiger partial charge in [-0.05, 0) is 28.8 Å². The lowest BCUT2D eigenvalue weighted by Crippen LogP contribution is -2.40. The molecule has 1 saturated heterocycles. The van der Waals surface area contributed by atoms with Crippen molar-refractivity contribution in [2.75, 3.05) is 13.3 Å². The molecule has 1 atom stereocenters. The highest BCUT2D eigenvalue weighted by Crippen LogP contribution is 2.33. The molecule has 6 heteroatoms. The second-order valence-electron chi connectivity index (χ2n) is 8.04. The van der Waals surface area contributed by atoms with Crippen LogP contribution < -0.4 is 14.8 Å². The molecule has 1 N–H and O–H groups in total. The van der Waals surface area contributed by atoms with Crippen LogP contribution in [0.5, 0.6) is 11.5 Å². The standard InChI is InChI=1S/C26H24N2O4/c29-25-14-22(27-15-18-11-12-23-24(13-18)32-17-31-23)26(30)28(25)16-21(19-7-3-1-4-8-19)20-9-5-2-6-10-20/h1-13,21-22,27H,14-17H2/t22-/m0/s1. The molecule has 6 nitrogen and oxygen atoms in total. The van der Waals surface area contributed by atoms with Gasteiger partial charge in [-0.3, -0.25) is 14.5 Å². The fourth-order valence-corrected chi connectivity index (χ4v) is 4.28. The van der Waals surface area contributed by atoms with Crippen LogP contribution >= 0.6 is 0 Å². The van der Waals surface area contributed by atoms with Crippen LogP contribution in [-0.2, 0) is 16.1 Å². The van der Waals surface area contributed by atoms with Gasteiger partial charge in [0.1, 0.15) is 0 Å². The highest BCUT2D eigenvalue weighted by atomic mass is 16.7. The molecule has 1 fully saturated rings. The zero-order valence-corrected chi connectivity index (χ0v) is 17.6. The summed E-state index contributed by atoms with van der Waals surface area (Å²) in [5.74, 6) is 1.04. The van der Waals surface area contributed by atoms with Crippen LogP contribution in [0.2, 0.25) is 0 Å². The number of likely N-dealkylation sites (tertiary alicyclic amines) is 1. The number of hydrogen-bond acceptors (Lipinski definition) is 5. The monoisotopic (exact) mass is 428 g/mol. The SMILES string of the molecule is O=C1C[C@H](NCc2ccc3c(c2)OCO3)C(=O)N1CC(c1ccccc1)c1ccccc1. The third kappa shape index (κ3) is 4.09. The van der Waals surface area contributed by atoms with Gasteiger partial charge in [-0.25, -0.2) is 0 Å². The Balaban J connectivity index is 1.29. The number of hydrogen-bond donors (Lipinski definition) is 1. The summed E-state index contributed by atoms with van der Waals surface area (Å²) in [5.41, 5.74) is 3.13. The first-order valence-electron chi connectivity index (χ1n) is 10.7. The normalized spacial score (nSPS) is 17.4. The number of ether oxygens (including phenoxy) is 2. The van der Waals surface area contributed by atoms with Crippen LogP contribution in [0, 0.1) is 0 Å². The summed E-state index contributed by atoms with van der Waals surface area (Å²) in [5, 5.41) is 3.24. The molecule has 162 valence electrons. The Morgan fingerprint density at radius 1 is 0.875 bits per heavy atom. The van der Waals surface area contributed by atoms with Crippen molar-refractivity contribution in [1.29, 1.82) is 0 Å². The summed E-state index contributed by atoms with van der Waals surface area (Å²) in [7, 11) is 0. The maximum atomic E-state index is 13.1. The van der Waals surface area contributed by atoms with E-state index in [2.05, 4.69) is 5.32 Å². The average molecular weight is 428 g/mol. The first kappa shape index (κ1) is 20.3. The van der Waals surface area contributed by atoms with Gasteiger partial charge in [0.05, 0.1) is 12.5 Å². The number of rotatable bonds is 7. The van der Waals surface area contributed by atoms with Crippen molar-refractivity contribution >= 4 is 11.8 Å². The Labute approximate surface area is 186 Å². The minimum Gasteiger partial charge on any atom is -0.454 e. The van der Waals surface area contributed by atoms with Gasteiger partial charge >= 0.3 is 0 Å². The van der Waals surface area contributed by atoms with Gasteiger partial charge in [0.15, 0.2) is 11.5 Å². The fourth-order valence-electron chi connectivity index (χ4n) is 4.28. The van der Waals surface area contributed by atoms with Crippen molar-refractivity contribution in [3.8, 4) is 11.5 Å². The number of amides is 2. The van der Waals surface area contributed by atoms with Crippen molar-refractivity contribution in [2.24, 2.45) is 0 Å². The smallest absolute Gasteiger partial charge is 0.246 e. The van der Waals surface area contributed by atoms with Crippen molar-refractivity contribution in [2.45, 2.75) is 24.9 Å². The molecule has 2 aliphatic heterocycles. The number of imide groups is 1. The quantitative estimate of drug-likeness (QED) is 0.584. The molecule has 2 heterocycles. The van der Waals surface area contributed by atoms with Gasteiger partial charge in [-0.2, -0.15) is 0 Å². The predicted molar refractivity (Wildman–Crippen MR) is 119 cm³/mol. The Morgan fingerprint density at radius 3 is 2.22 bits per heavy atom. The van der Waals surface area contributed by atoms with E-state index in [0.717, 1.165) is 22.4 Å². The lowest BCUT2D eigenvalue weighted by molar-refractivity contribution is -0.139. The molecular weight excluding hydrogens is 404 g/mol. The van der Waals surface area contributed by atoms with Crippen molar-refractivity contribution in [3.05, 3.63) is 95.6 Å². The number of benzene rings is 3. The summed E-state index contributed by atoms with van der Waals surface area (Å²) in [6.07, 6.45) is 0.166. The summed E-state index contributed by atoms with van der Waals surface area (Å²) < 4.78 is 10.8. The van der Waals surface area contributed by atoms with E-state index in [1.807, 2.05) is 78.9 Å². The van der Waals surface area contributed by atoms with E-state index in [9.17, 15) is 9.59 Å². The van der Waals surface area contributed by atoms with E-state index in [1.54, 1.807) is 0 Å². The van der Waals surface area contributed by atoms with E-state index in [-0.39, 0.29) is 30.9 Å². The molecule has 5 rings (SSSR count). The van der Waals surface area contributed by atoms with Gasteiger partial charge in [0, 0.05) is 19.0 Å². The third-order valence-corrected chi connectivity index (χ3v) is 6.00. The Morgan fingerprint density at radius 2 is 1.53 bits per heavy atom. The van der Waals surface area contributed by atoms with Crippen LogP contribution in [0.4, 0.5) is 0 Å². The molecule has 0 aliphatic carbocycles. The minimum absolute atomic E-state index is 0.0714. The maximum absolute atomic E-state index is 13.1. The molecule has 32 heavy (non-hydrogen) atoms. The lowest BCUT2D eigenvalue weighted by atomic mass is 9.91.